The molecule has 0 aliphatic rings. The maximum absolute atomic E-state index is 12.6. The molecule has 0 aliphatic heterocycles. The summed E-state index contributed by atoms with van der Waals surface area (Å²) in [6.07, 6.45) is 0. The molecule has 0 fully saturated rings. The van der Waals surface area contributed by atoms with Crippen molar-refractivity contribution in [3.05, 3.63) is 59.1 Å². The fourth-order valence-electron chi connectivity index (χ4n) is 2.36. The molecule has 2 N–H and O–H groups in total. The number of hydrogen-bond donors (Lipinski definition) is 2. The van der Waals surface area contributed by atoms with Gasteiger partial charge in [-0.1, -0.05) is 41.9 Å². The van der Waals surface area contributed by atoms with Crippen molar-refractivity contribution >= 4 is 27.5 Å². The molecule has 0 radical (unpaired) electrons. The van der Waals surface area contributed by atoms with Gasteiger partial charge < -0.3 is 14.8 Å². The van der Waals surface area contributed by atoms with Crippen LogP contribution in [0.1, 0.15) is 18.5 Å². The highest BCUT2D eigenvalue weighted by Gasteiger charge is 2.20. The predicted octanol–water partition coefficient (Wildman–Crippen LogP) is 2.52. The summed E-state index contributed by atoms with van der Waals surface area (Å²) in [4.78, 5) is 11.7. The van der Waals surface area contributed by atoms with Crippen LogP contribution in [-0.2, 0) is 19.6 Å². The summed E-state index contributed by atoms with van der Waals surface area (Å²) in [6, 6.07) is 12.9. The van der Waals surface area contributed by atoms with Crippen LogP contribution in [0.2, 0.25) is 5.02 Å². The van der Waals surface area contributed by atoms with Crippen LogP contribution in [0.25, 0.3) is 0 Å². The first kappa shape index (κ1) is 22.2. The minimum Gasteiger partial charge on any atom is -0.482 e. The van der Waals surface area contributed by atoms with Crippen molar-refractivity contribution in [3.63, 3.8) is 0 Å². The van der Waals surface area contributed by atoms with E-state index in [0.29, 0.717) is 13.2 Å². The SMILES string of the molecule is COCCNC(=O)COc1ccc(S(=O)(=O)N[C@H](C)c2ccccc2)cc1Cl. The van der Waals surface area contributed by atoms with Crippen molar-refractivity contribution < 1.29 is 22.7 Å². The number of benzene rings is 2. The van der Waals surface area contributed by atoms with Gasteiger partial charge in [0.15, 0.2) is 6.61 Å². The van der Waals surface area contributed by atoms with Crippen LogP contribution >= 0.6 is 11.6 Å². The highest BCUT2D eigenvalue weighted by molar-refractivity contribution is 7.89. The van der Waals surface area contributed by atoms with Gasteiger partial charge in [-0.25, -0.2) is 13.1 Å². The van der Waals surface area contributed by atoms with Crippen LogP contribution in [0.3, 0.4) is 0 Å². The minimum absolute atomic E-state index is 0.0113. The highest BCUT2D eigenvalue weighted by Crippen LogP contribution is 2.28. The Labute approximate surface area is 170 Å². The molecule has 2 aromatic carbocycles. The largest absolute Gasteiger partial charge is 0.482 e. The van der Waals surface area contributed by atoms with E-state index in [9.17, 15) is 13.2 Å². The molecular weight excluding hydrogens is 404 g/mol. The zero-order chi connectivity index (χ0) is 20.6. The van der Waals surface area contributed by atoms with Gasteiger partial charge >= 0.3 is 0 Å². The van der Waals surface area contributed by atoms with Gasteiger partial charge in [0.2, 0.25) is 10.0 Å². The number of methoxy groups -OCH3 is 1. The third kappa shape index (κ3) is 6.49. The third-order valence-corrected chi connectivity index (χ3v) is 5.67. The Morgan fingerprint density at radius 3 is 2.54 bits per heavy atom. The van der Waals surface area contributed by atoms with Crippen molar-refractivity contribution in [2.75, 3.05) is 26.9 Å². The summed E-state index contributed by atoms with van der Waals surface area (Å²) in [5.41, 5.74) is 0.844. The Bertz CT molecular complexity index is 890. The van der Waals surface area contributed by atoms with Crippen LogP contribution in [-0.4, -0.2) is 41.2 Å². The van der Waals surface area contributed by atoms with Crippen LogP contribution in [0.4, 0.5) is 0 Å². The fourth-order valence-corrected chi connectivity index (χ4v) is 3.92. The molecule has 0 saturated heterocycles. The van der Waals surface area contributed by atoms with Gasteiger partial charge in [0.1, 0.15) is 5.75 Å². The highest BCUT2D eigenvalue weighted by atomic mass is 35.5. The number of carbonyl (C=O) groups excluding carboxylic acids is 1. The van der Waals surface area contributed by atoms with Gasteiger partial charge in [-0.15, -0.1) is 0 Å². The van der Waals surface area contributed by atoms with Gasteiger partial charge in [0.05, 0.1) is 16.5 Å². The molecule has 0 aromatic heterocycles. The average molecular weight is 427 g/mol. The number of ether oxygens (including phenoxy) is 2. The molecule has 0 bridgehead atoms. The van der Waals surface area contributed by atoms with E-state index in [0.717, 1.165) is 5.56 Å². The topological polar surface area (TPSA) is 93.7 Å². The number of halogens is 1. The van der Waals surface area contributed by atoms with E-state index in [-0.39, 0.29) is 28.2 Å². The Morgan fingerprint density at radius 2 is 1.89 bits per heavy atom. The lowest BCUT2D eigenvalue weighted by molar-refractivity contribution is -0.123. The molecule has 0 aliphatic carbocycles. The quantitative estimate of drug-likeness (QED) is 0.569. The molecule has 0 saturated carbocycles. The van der Waals surface area contributed by atoms with E-state index in [1.807, 2.05) is 30.3 Å². The summed E-state index contributed by atoms with van der Waals surface area (Å²) in [7, 11) is -2.24. The van der Waals surface area contributed by atoms with E-state index in [4.69, 9.17) is 21.1 Å². The lowest BCUT2D eigenvalue weighted by Crippen LogP contribution is -2.31. The number of carbonyl (C=O) groups is 1. The monoisotopic (exact) mass is 426 g/mol. The van der Waals surface area contributed by atoms with Crippen molar-refractivity contribution in [2.24, 2.45) is 0 Å². The lowest BCUT2D eigenvalue weighted by atomic mass is 10.1. The molecule has 0 unspecified atom stereocenters. The molecule has 0 heterocycles. The molecule has 28 heavy (non-hydrogen) atoms. The second-order valence-electron chi connectivity index (χ2n) is 5.98. The van der Waals surface area contributed by atoms with E-state index in [1.54, 1.807) is 6.92 Å². The zero-order valence-corrected chi connectivity index (χ0v) is 17.2. The van der Waals surface area contributed by atoms with Crippen LogP contribution < -0.4 is 14.8 Å². The van der Waals surface area contributed by atoms with E-state index < -0.39 is 16.1 Å². The average Bonchev–Trinajstić information content (AvgIpc) is 2.67. The van der Waals surface area contributed by atoms with E-state index in [2.05, 4.69) is 10.0 Å². The zero-order valence-electron chi connectivity index (χ0n) is 15.6. The van der Waals surface area contributed by atoms with Crippen LogP contribution in [0, 0.1) is 0 Å². The molecule has 0 spiro atoms. The molecule has 9 heteroatoms. The third-order valence-electron chi connectivity index (χ3n) is 3.83. The Kier molecular flexibility index (Phi) is 8.25. The van der Waals surface area contributed by atoms with Crippen molar-refractivity contribution in [2.45, 2.75) is 17.9 Å². The lowest BCUT2D eigenvalue weighted by Gasteiger charge is -2.15. The first-order chi connectivity index (χ1) is 13.3. The van der Waals surface area contributed by atoms with Gasteiger partial charge in [0, 0.05) is 19.7 Å². The van der Waals surface area contributed by atoms with Crippen LogP contribution in [0.15, 0.2) is 53.4 Å². The summed E-state index contributed by atoms with van der Waals surface area (Å²) in [5.74, 6) is -0.109. The van der Waals surface area contributed by atoms with E-state index in [1.165, 1.54) is 25.3 Å². The number of sulfonamides is 1. The molecule has 2 rings (SSSR count). The molecule has 152 valence electrons. The normalized spacial score (nSPS) is 12.4. The minimum atomic E-state index is -3.78. The number of nitrogens with one attached hydrogen (secondary N) is 2. The van der Waals surface area contributed by atoms with E-state index >= 15 is 0 Å². The molecule has 1 amide bonds. The Morgan fingerprint density at radius 1 is 1.18 bits per heavy atom. The van der Waals surface area contributed by atoms with Gasteiger partial charge in [-0.2, -0.15) is 0 Å². The molecular formula is C19H23ClN2O5S. The van der Waals surface area contributed by atoms with Crippen molar-refractivity contribution in [1.29, 1.82) is 0 Å². The Balaban J connectivity index is 2.01. The second kappa shape index (κ2) is 10.4. The maximum Gasteiger partial charge on any atom is 0.258 e. The number of amides is 1. The summed E-state index contributed by atoms with van der Waals surface area (Å²) in [5, 5.41) is 2.71. The van der Waals surface area contributed by atoms with Gasteiger partial charge in [-0.05, 0) is 30.7 Å². The van der Waals surface area contributed by atoms with Gasteiger partial charge in [0.25, 0.3) is 5.91 Å². The van der Waals surface area contributed by atoms with Gasteiger partial charge in [-0.3, -0.25) is 4.79 Å². The summed E-state index contributed by atoms with van der Waals surface area (Å²) in [6.45, 7) is 2.29. The fraction of sp³-hybridized carbons (Fsp3) is 0.316. The van der Waals surface area contributed by atoms with Crippen molar-refractivity contribution in [1.82, 2.24) is 10.0 Å². The Hall–Kier alpha value is -2.13. The summed E-state index contributed by atoms with van der Waals surface area (Å²) < 4.78 is 38.0. The predicted molar refractivity (Wildman–Crippen MR) is 107 cm³/mol. The summed E-state index contributed by atoms with van der Waals surface area (Å²) >= 11 is 6.13. The number of rotatable bonds is 10. The standard InChI is InChI=1S/C19H23ClN2O5S/c1-14(15-6-4-3-5-7-15)22-28(24,25)16-8-9-18(17(20)12-16)27-13-19(23)21-10-11-26-2/h3-9,12,14,22H,10-11,13H2,1-2H3,(H,21,23)/t14-/m1/s1. The molecule has 2 aromatic rings. The smallest absolute Gasteiger partial charge is 0.258 e. The van der Waals surface area contributed by atoms with Crippen LogP contribution in [0.5, 0.6) is 5.75 Å². The first-order valence-corrected chi connectivity index (χ1v) is 10.4. The van der Waals surface area contributed by atoms with Crippen molar-refractivity contribution in [3.8, 4) is 5.75 Å². The number of hydrogen-bond acceptors (Lipinski definition) is 5. The second-order valence-corrected chi connectivity index (χ2v) is 8.10. The first-order valence-electron chi connectivity index (χ1n) is 8.58. The molecule has 7 nitrogen and oxygen atoms in total. The maximum atomic E-state index is 12.6. The molecule has 1 atom stereocenters.